The standard InChI is InChI=1S/C25H28N2O6/c1-4-9-21(24(29)30)26-23(28)22(15(2)32-3)27-25(31)33-14-20-18-12-7-5-10-16(18)17-11-6-8-13-19(17)20/h4-8,10-13,15,20-22H,1,9,14H2,2-3H3,(H,26,28)(H,27,31)(H,29,30)/t15-,21?,22+/m1/s1. The molecule has 0 radical (unpaired) electrons. The first kappa shape index (κ1) is 24.0. The fourth-order valence-electron chi connectivity index (χ4n) is 3.95. The van der Waals surface area contributed by atoms with E-state index < -0.39 is 36.2 Å². The van der Waals surface area contributed by atoms with E-state index in [9.17, 15) is 19.5 Å². The topological polar surface area (TPSA) is 114 Å². The van der Waals surface area contributed by atoms with Gasteiger partial charge in [-0.1, -0.05) is 54.6 Å². The Bertz CT molecular complexity index is 992. The van der Waals surface area contributed by atoms with Crippen LogP contribution >= 0.6 is 0 Å². The molecule has 1 aliphatic rings. The van der Waals surface area contributed by atoms with Crippen molar-refractivity contribution >= 4 is 18.0 Å². The van der Waals surface area contributed by atoms with E-state index in [1.54, 1.807) is 6.92 Å². The van der Waals surface area contributed by atoms with Gasteiger partial charge in [-0.2, -0.15) is 0 Å². The Kier molecular flexibility index (Phi) is 7.84. The van der Waals surface area contributed by atoms with Gasteiger partial charge in [0.15, 0.2) is 0 Å². The Labute approximate surface area is 192 Å². The van der Waals surface area contributed by atoms with Gasteiger partial charge in [0.2, 0.25) is 5.91 Å². The third-order valence-corrected chi connectivity index (χ3v) is 5.76. The third-order valence-electron chi connectivity index (χ3n) is 5.76. The van der Waals surface area contributed by atoms with Crippen LogP contribution in [0.25, 0.3) is 11.1 Å². The predicted octanol–water partition coefficient (Wildman–Crippen LogP) is 3.07. The van der Waals surface area contributed by atoms with Crippen molar-refractivity contribution in [3.05, 3.63) is 72.3 Å². The van der Waals surface area contributed by atoms with Crippen LogP contribution in [0.5, 0.6) is 0 Å². The third kappa shape index (κ3) is 5.40. The Hall–Kier alpha value is -3.65. The van der Waals surface area contributed by atoms with Crippen LogP contribution in [0.15, 0.2) is 61.2 Å². The second-order valence-corrected chi connectivity index (χ2v) is 7.81. The summed E-state index contributed by atoms with van der Waals surface area (Å²) in [5, 5.41) is 14.2. The lowest BCUT2D eigenvalue weighted by Gasteiger charge is -2.25. The van der Waals surface area contributed by atoms with Gasteiger partial charge >= 0.3 is 12.1 Å². The van der Waals surface area contributed by atoms with Gasteiger partial charge in [0.1, 0.15) is 18.7 Å². The monoisotopic (exact) mass is 452 g/mol. The fraction of sp³-hybridized carbons (Fsp3) is 0.320. The minimum atomic E-state index is -1.20. The van der Waals surface area contributed by atoms with E-state index in [4.69, 9.17) is 9.47 Å². The predicted molar refractivity (Wildman–Crippen MR) is 123 cm³/mol. The molecule has 3 N–H and O–H groups in total. The number of nitrogens with one attached hydrogen (secondary N) is 2. The Morgan fingerprint density at radius 2 is 1.64 bits per heavy atom. The second kappa shape index (κ2) is 10.8. The summed E-state index contributed by atoms with van der Waals surface area (Å²) in [4.78, 5) is 36.7. The molecule has 2 aromatic carbocycles. The van der Waals surface area contributed by atoms with Crippen molar-refractivity contribution in [1.29, 1.82) is 0 Å². The quantitative estimate of drug-likeness (QED) is 0.478. The van der Waals surface area contributed by atoms with Crippen molar-refractivity contribution in [1.82, 2.24) is 10.6 Å². The molecule has 33 heavy (non-hydrogen) atoms. The molecule has 0 spiro atoms. The Balaban J connectivity index is 1.68. The molecule has 0 saturated heterocycles. The van der Waals surface area contributed by atoms with E-state index >= 15 is 0 Å². The smallest absolute Gasteiger partial charge is 0.407 e. The molecule has 0 saturated carbocycles. The molecule has 1 aliphatic carbocycles. The highest BCUT2D eigenvalue weighted by molar-refractivity contribution is 5.89. The number of carboxylic acid groups (broad SMARTS) is 1. The molecule has 174 valence electrons. The van der Waals surface area contributed by atoms with Crippen molar-refractivity contribution in [2.24, 2.45) is 0 Å². The number of amides is 2. The van der Waals surface area contributed by atoms with Gasteiger partial charge in [-0.3, -0.25) is 4.79 Å². The summed E-state index contributed by atoms with van der Waals surface area (Å²) in [5.41, 5.74) is 4.35. The first-order valence-electron chi connectivity index (χ1n) is 10.7. The summed E-state index contributed by atoms with van der Waals surface area (Å²) < 4.78 is 10.7. The molecular formula is C25H28N2O6. The summed E-state index contributed by atoms with van der Waals surface area (Å²) in [7, 11) is 1.39. The molecule has 2 amide bonds. The summed E-state index contributed by atoms with van der Waals surface area (Å²) in [6.07, 6.45) is -0.0763. The molecule has 0 aromatic heterocycles. The highest BCUT2D eigenvalue weighted by Crippen LogP contribution is 2.44. The van der Waals surface area contributed by atoms with Crippen molar-refractivity contribution < 1.29 is 29.0 Å². The van der Waals surface area contributed by atoms with Crippen LogP contribution in [0.4, 0.5) is 4.79 Å². The number of rotatable bonds is 10. The highest BCUT2D eigenvalue weighted by Gasteiger charge is 2.32. The van der Waals surface area contributed by atoms with E-state index in [0.717, 1.165) is 22.3 Å². The molecule has 8 nitrogen and oxygen atoms in total. The van der Waals surface area contributed by atoms with Crippen molar-refractivity contribution in [3.8, 4) is 11.1 Å². The number of methoxy groups -OCH3 is 1. The van der Waals surface area contributed by atoms with Gasteiger partial charge in [-0.15, -0.1) is 6.58 Å². The second-order valence-electron chi connectivity index (χ2n) is 7.81. The van der Waals surface area contributed by atoms with Gasteiger partial charge in [-0.25, -0.2) is 9.59 Å². The number of carboxylic acids is 1. The molecule has 3 rings (SSSR count). The maximum absolute atomic E-state index is 12.7. The molecule has 0 bridgehead atoms. The maximum atomic E-state index is 12.7. The lowest BCUT2D eigenvalue weighted by Crippen LogP contribution is -2.56. The van der Waals surface area contributed by atoms with Gasteiger partial charge in [0.25, 0.3) is 0 Å². The average Bonchev–Trinajstić information content (AvgIpc) is 3.14. The van der Waals surface area contributed by atoms with E-state index in [0.29, 0.717) is 0 Å². The zero-order chi connectivity index (χ0) is 24.0. The molecule has 1 unspecified atom stereocenters. The van der Waals surface area contributed by atoms with Crippen LogP contribution in [0.3, 0.4) is 0 Å². The molecule has 0 aliphatic heterocycles. The van der Waals surface area contributed by atoms with Gasteiger partial charge < -0.3 is 25.2 Å². The van der Waals surface area contributed by atoms with Crippen LogP contribution < -0.4 is 10.6 Å². The zero-order valence-corrected chi connectivity index (χ0v) is 18.6. The zero-order valence-electron chi connectivity index (χ0n) is 18.6. The molecule has 8 heteroatoms. The molecule has 0 heterocycles. The minimum Gasteiger partial charge on any atom is -0.480 e. The summed E-state index contributed by atoms with van der Waals surface area (Å²) in [6, 6.07) is 13.6. The highest BCUT2D eigenvalue weighted by atomic mass is 16.5. The van der Waals surface area contributed by atoms with Gasteiger partial charge in [0, 0.05) is 13.0 Å². The molecular weight excluding hydrogens is 424 g/mol. The van der Waals surface area contributed by atoms with Crippen LogP contribution in [0.2, 0.25) is 0 Å². The fourth-order valence-corrected chi connectivity index (χ4v) is 3.95. The maximum Gasteiger partial charge on any atom is 0.407 e. The SMILES string of the molecule is C=CCC(NC(=O)[C@@H](NC(=O)OCC1c2ccccc2-c2ccccc21)[C@@H](C)OC)C(=O)O. The first-order chi connectivity index (χ1) is 15.9. The average molecular weight is 453 g/mol. The number of carbonyl (C=O) groups excluding carboxylic acids is 2. The summed E-state index contributed by atoms with van der Waals surface area (Å²) >= 11 is 0. The largest absolute Gasteiger partial charge is 0.480 e. The number of benzene rings is 2. The van der Waals surface area contributed by atoms with Crippen molar-refractivity contribution in [2.45, 2.75) is 37.5 Å². The Morgan fingerprint density at radius 1 is 1.06 bits per heavy atom. The molecule has 0 fully saturated rings. The lowest BCUT2D eigenvalue weighted by molar-refractivity contribution is -0.142. The molecule has 3 atom stereocenters. The van der Waals surface area contributed by atoms with Crippen LogP contribution in [0, 0.1) is 0 Å². The van der Waals surface area contributed by atoms with Crippen LogP contribution in [-0.4, -0.2) is 55.0 Å². The van der Waals surface area contributed by atoms with Crippen molar-refractivity contribution in [2.75, 3.05) is 13.7 Å². The summed E-state index contributed by atoms with van der Waals surface area (Å²) in [5.74, 6) is -2.01. The number of alkyl carbamates (subject to hydrolysis) is 1. The minimum absolute atomic E-state index is 0.0418. The van der Waals surface area contributed by atoms with Crippen LogP contribution in [-0.2, 0) is 19.1 Å². The normalized spacial score (nSPS) is 14.8. The van der Waals surface area contributed by atoms with Gasteiger partial charge in [-0.05, 0) is 35.6 Å². The van der Waals surface area contributed by atoms with Gasteiger partial charge in [0.05, 0.1) is 6.10 Å². The lowest BCUT2D eigenvalue weighted by atomic mass is 9.98. The number of carbonyl (C=O) groups is 3. The number of fused-ring (bicyclic) bond motifs is 3. The van der Waals surface area contributed by atoms with E-state index in [-0.39, 0.29) is 18.9 Å². The van der Waals surface area contributed by atoms with E-state index in [2.05, 4.69) is 17.2 Å². The first-order valence-corrected chi connectivity index (χ1v) is 10.7. The van der Waals surface area contributed by atoms with Crippen molar-refractivity contribution in [3.63, 3.8) is 0 Å². The Morgan fingerprint density at radius 3 is 2.15 bits per heavy atom. The van der Waals surface area contributed by atoms with E-state index in [1.165, 1.54) is 13.2 Å². The number of ether oxygens (including phenoxy) is 2. The van der Waals surface area contributed by atoms with Crippen LogP contribution in [0.1, 0.15) is 30.4 Å². The number of hydrogen-bond acceptors (Lipinski definition) is 5. The van der Waals surface area contributed by atoms with E-state index in [1.807, 2.05) is 48.5 Å². The number of aliphatic carboxylic acids is 1. The summed E-state index contributed by atoms with van der Waals surface area (Å²) in [6.45, 7) is 5.18. The molecule has 2 aromatic rings. The number of hydrogen-bond donors (Lipinski definition) is 3.